The number of nitrogens with zero attached hydrogens (tertiary/aromatic N) is 1. The molecule has 0 aliphatic carbocycles. The second-order valence-corrected chi connectivity index (χ2v) is 8.32. The van der Waals surface area contributed by atoms with Crippen molar-refractivity contribution in [3.05, 3.63) is 59.7 Å². The van der Waals surface area contributed by atoms with E-state index in [1.165, 1.54) is 12.1 Å². The third-order valence-electron chi connectivity index (χ3n) is 4.66. The summed E-state index contributed by atoms with van der Waals surface area (Å²) in [6.45, 7) is 0.333. The molecule has 7 nitrogen and oxygen atoms in total. The monoisotopic (exact) mass is 441 g/mol. The summed E-state index contributed by atoms with van der Waals surface area (Å²) >= 11 is 0. The Morgan fingerprint density at radius 3 is 2.17 bits per heavy atom. The SMILES string of the molecule is NS(=O)(=O)c1ccc(CCN[C@@H]2CC(=O)N(c3ccc(C(F)(F)F)cc3)C2=O)cc1. The third-order valence-corrected chi connectivity index (χ3v) is 5.58. The van der Waals surface area contributed by atoms with E-state index in [1.807, 2.05) is 0 Å². The molecular formula is C19H18F3N3O4S. The maximum atomic E-state index is 12.7. The number of halogens is 3. The van der Waals surface area contributed by atoms with Gasteiger partial charge in [0.2, 0.25) is 15.9 Å². The van der Waals surface area contributed by atoms with Gasteiger partial charge in [-0.1, -0.05) is 12.1 Å². The molecule has 1 aliphatic rings. The average molecular weight is 441 g/mol. The van der Waals surface area contributed by atoms with Gasteiger partial charge in [0.25, 0.3) is 5.91 Å². The number of rotatable bonds is 6. The number of anilines is 1. The van der Waals surface area contributed by atoms with Crippen LogP contribution in [0.4, 0.5) is 18.9 Å². The summed E-state index contributed by atoms with van der Waals surface area (Å²) in [5, 5.41) is 7.99. The van der Waals surface area contributed by atoms with E-state index in [2.05, 4.69) is 5.32 Å². The molecule has 1 fully saturated rings. The molecule has 2 amide bonds. The molecule has 3 rings (SSSR count). The van der Waals surface area contributed by atoms with Crippen LogP contribution in [0.1, 0.15) is 17.5 Å². The summed E-state index contributed by atoms with van der Waals surface area (Å²) in [4.78, 5) is 25.6. The van der Waals surface area contributed by atoms with Crippen LogP contribution >= 0.6 is 0 Å². The predicted octanol–water partition coefficient (Wildman–Crippen LogP) is 1.82. The van der Waals surface area contributed by atoms with Gasteiger partial charge in [-0.2, -0.15) is 13.2 Å². The molecule has 0 radical (unpaired) electrons. The fraction of sp³-hybridized carbons (Fsp3) is 0.263. The summed E-state index contributed by atoms with van der Waals surface area (Å²) in [5.41, 5.74) is 0.0145. The Hall–Kier alpha value is -2.76. The van der Waals surface area contributed by atoms with Gasteiger partial charge in [0.15, 0.2) is 0 Å². The van der Waals surface area contributed by atoms with Crippen LogP contribution in [0.2, 0.25) is 0 Å². The molecule has 0 spiro atoms. The van der Waals surface area contributed by atoms with Gasteiger partial charge in [-0.15, -0.1) is 0 Å². The highest BCUT2D eigenvalue weighted by molar-refractivity contribution is 7.89. The predicted molar refractivity (Wildman–Crippen MR) is 102 cm³/mol. The van der Waals surface area contributed by atoms with Crippen LogP contribution in [0.5, 0.6) is 0 Å². The number of primary sulfonamides is 1. The first-order valence-corrected chi connectivity index (χ1v) is 10.4. The highest BCUT2D eigenvalue weighted by Crippen LogP contribution is 2.31. The van der Waals surface area contributed by atoms with Crippen molar-refractivity contribution >= 4 is 27.5 Å². The normalized spacial score (nSPS) is 17.6. The molecule has 0 bridgehead atoms. The number of carbonyl (C=O) groups is 2. The van der Waals surface area contributed by atoms with Crippen molar-refractivity contribution in [1.82, 2.24) is 5.32 Å². The van der Waals surface area contributed by atoms with E-state index in [-0.39, 0.29) is 17.0 Å². The molecule has 1 atom stereocenters. The smallest absolute Gasteiger partial charge is 0.305 e. The van der Waals surface area contributed by atoms with Gasteiger partial charge >= 0.3 is 6.18 Å². The molecular weight excluding hydrogens is 423 g/mol. The average Bonchev–Trinajstić information content (AvgIpc) is 2.94. The van der Waals surface area contributed by atoms with Gasteiger partial charge < -0.3 is 5.32 Å². The van der Waals surface area contributed by atoms with Gasteiger partial charge in [0.1, 0.15) is 0 Å². The number of hydrogen-bond acceptors (Lipinski definition) is 5. The molecule has 2 aromatic rings. The number of nitrogens with two attached hydrogens (primary N) is 1. The van der Waals surface area contributed by atoms with E-state index in [9.17, 15) is 31.2 Å². The molecule has 0 saturated carbocycles. The zero-order valence-electron chi connectivity index (χ0n) is 15.5. The second kappa shape index (κ2) is 8.17. The van der Waals surface area contributed by atoms with Crippen LogP contribution < -0.4 is 15.4 Å². The Labute approximate surface area is 170 Å². The van der Waals surface area contributed by atoms with Crippen molar-refractivity contribution in [2.24, 2.45) is 5.14 Å². The Morgan fingerprint density at radius 1 is 1.03 bits per heavy atom. The molecule has 3 N–H and O–H groups in total. The number of hydrogen-bond donors (Lipinski definition) is 2. The summed E-state index contributed by atoms with van der Waals surface area (Å²) in [6, 6.07) is 8.98. The minimum atomic E-state index is -4.51. The lowest BCUT2D eigenvalue weighted by atomic mass is 10.1. The van der Waals surface area contributed by atoms with Crippen LogP contribution in [-0.2, 0) is 32.2 Å². The number of carbonyl (C=O) groups excluding carboxylic acids is 2. The van der Waals surface area contributed by atoms with Crippen molar-refractivity contribution < 1.29 is 31.2 Å². The fourth-order valence-electron chi connectivity index (χ4n) is 3.10. The van der Waals surface area contributed by atoms with Crippen LogP contribution in [0.3, 0.4) is 0 Å². The third kappa shape index (κ3) is 4.86. The molecule has 1 aliphatic heterocycles. The molecule has 1 heterocycles. The van der Waals surface area contributed by atoms with Crippen molar-refractivity contribution in [3.8, 4) is 0 Å². The maximum absolute atomic E-state index is 12.7. The number of alkyl halides is 3. The first-order chi connectivity index (χ1) is 14.0. The quantitative estimate of drug-likeness (QED) is 0.665. The number of nitrogens with one attached hydrogen (secondary N) is 1. The van der Waals surface area contributed by atoms with Crippen molar-refractivity contribution in [1.29, 1.82) is 0 Å². The van der Waals surface area contributed by atoms with E-state index < -0.39 is 39.6 Å². The lowest BCUT2D eigenvalue weighted by Crippen LogP contribution is -2.39. The first kappa shape index (κ1) is 21.9. The number of benzene rings is 2. The van der Waals surface area contributed by atoms with Gasteiger partial charge in [0, 0.05) is 0 Å². The second-order valence-electron chi connectivity index (χ2n) is 6.76. The van der Waals surface area contributed by atoms with Crippen molar-refractivity contribution in [2.45, 2.75) is 30.0 Å². The first-order valence-electron chi connectivity index (χ1n) is 8.86. The van der Waals surface area contributed by atoms with E-state index in [1.54, 1.807) is 12.1 Å². The van der Waals surface area contributed by atoms with Crippen LogP contribution in [0.15, 0.2) is 53.4 Å². The summed E-state index contributed by atoms with van der Waals surface area (Å²) < 4.78 is 60.5. The Morgan fingerprint density at radius 2 is 1.63 bits per heavy atom. The zero-order chi connectivity index (χ0) is 22.1. The molecule has 1 saturated heterocycles. The van der Waals surface area contributed by atoms with Gasteiger partial charge in [-0.3, -0.25) is 9.59 Å². The summed E-state index contributed by atoms with van der Waals surface area (Å²) in [7, 11) is -3.78. The van der Waals surface area contributed by atoms with Crippen molar-refractivity contribution in [2.75, 3.05) is 11.4 Å². The minimum absolute atomic E-state index is 0.0111. The standard InChI is InChI=1S/C19H18F3N3O4S/c20-19(21,22)13-3-5-14(6-4-13)25-17(26)11-16(18(25)27)24-10-9-12-1-7-15(8-2-12)30(23,28)29/h1-8,16,24H,9-11H2,(H2,23,28,29)/t16-/m1/s1. The maximum Gasteiger partial charge on any atom is 0.416 e. The van der Waals surface area contributed by atoms with Crippen LogP contribution in [-0.4, -0.2) is 32.8 Å². The minimum Gasteiger partial charge on any atom is -0.305 e. The largest absolute Gasteiger partial charge is 0.416 e. The number of sulfonamides is 1. The highest BCUT2D eigenvalue weighted by Gasteiger charge is 2.39. The fourth-order valence-corrected chi connectivity index (χ4v) is 3.61. The van der Waals surface area contributed by atoms with E-state index in [0.29, 0.717) is 13.0 Å². The van der Waals surface area contributed by atoms with Gasteiger partial charge in [-0.05, 0) is 54.9 Å². The Bertz CT molecular complexity index is 1050. The van der Waals surface area contributed by atoms with E-state index in [0.717, 1.165) is 34.7 Å². The van der Waals surface area contributed by atoms with E-state index in [4.69, 9.17) is 5.14 Å². The number of amides is 2. The van der Waals surface area contributed by atoms with Crippen LogP contribution in [0.25, 0.3) is 0 Å². The Kier molecular flexibility index (Phi) is 5.97. The molecule has 0 unspecified atom stereocenters. The number of imide groups is 1. The molecule has 160 valence electrons. The highest BCUT2D eigenvalue weighted by atomic mass is 32.2. The topological polar surface area (TPSA) is 110 Å². The lowest BCUT2D eigenvalue weighted by Gasteiger charge is -2.16. The molecule has 11 heteroatoms. The molecule has 30 heavy (non-hydrogen) atoms. The Balaban J connectivity index is 1.60. The van der Waals surface area contributed by atoms with Gasteiger partial charge in [-0.25, -0.2) is 18.5 Å². The van der Waals surface area contributed by atoms with Crippen molar-refractivity contribution in [3.63, 3.8) is 0 Å². The zero-order valence-corrected chi connectivity index (χ0v) is 16.3. The molecule has 0 aromatic heterocycles. The lowest BCUT2D eigenvalue weighted by molar-refractivity contribution is -0.137. The van der Waals surface area contributed by atoms with E-state index >= 15 is 0 Å². The van der Waals surface area contributed by atoms with Gasteiger partial charge in [0.05, 0.1) is 28.6 Å². The summed E-state index contributed by atoms with van der Waals surface area (Å²) in [5.74, 6) is -1.04. The molecule has 2 aromatic carbocycles. The summed E-state index contributed by atoms with van der Waals surface area (Å²) in [6.07, 6.45) is -4.15. The van der Waals surface area contributed by atoms with Crippen LogP contribution in [0, 0.1) is 0 Å².